The van der Waals surface area contributed by atoms with Crippen molar-refractivity contribution in [2.24, 2.45) is 0 Å². The van der Waals surface area contributed by atoms with E-state index in [0.29, 0.717) is 6.42 Å². The lowest BCUT2D eigenvalue weighted by molar-refractivity contribution is -0.149. The molecule has 0 aliphatic heterocycles. The maximum Gasteiger partial charge on any atom is 0.408 e. The number of para-hydroxylation sites is 1. The summed E-state index contributed by atoms with van der Waals surface area (Å²) in [5.41, 5.74) is 3.50. The highest BCUT2D eigenvalue weighted by Gasteiger charge is 2.24. The molecular formula is C33H36N4O6. The summed E-state index contributed by atoms with van der Waals surface area (Å²) < 4.78 is 10.7. The van der Waals surface area contributed by atoms with Gasteiger partial charge in [0.15, 0.2) is 0 Å². The molecule has 0 spiro atoms. The second-order valence-electron chi connectivity index (χ2n) is 10.1. The number of H-pyrrole nitrogens is 1. The van der Waals surface area contributed by atoms with Gasteiger partial charge in [-0.25, -0.2) is 9.59 Å². The normalized spacial score (nSPS) is 12.1. The maximum absolute atomic E-state index is 13.1. The van der Waals surface area contributed by atoms with E-state index in [4.69, 9.17) is 9.47 Å². The first-order valence-electron chi connectivity index (χ1n) is 14.2. The number of alkyl carbamates (subject to hydrolysis) is 1. The zero-order valence-corrected chi connectivity index (χ0v) is 24.0. The third-order valence-corrected chi connectivity index (χ3v) is 6.76. The first-order chi connectivity index (χ1) is 20.9. The van der Waals surface area contributed by atoms with Crippen LogP contribution in [0.1, 0.15) is 36.5 Å². The van der Waals surface area contributed by atoms with Crippen LogP contribution < -0.4 is 16.0 Å². The second kappa shape index (κ2) is 15.8. The van der Waals surface area contributed by atoms with Crippen LogP contribution in [0.25, 0.3) is 10.9 Å². The van der Waals surface area contributed by atoms with Crippen molar-refractivity contribution >= 4 is 34.8 Å². The van der Waals surface area contributed by atoms with Gasteiger partial charge in [0.1, 0.15) is 25.3 Å². The fraction of sp³-hybridized carbons (Fsp3) is 0.273. The van der Waals surface area contributed by atoms with E-state index in [-0.39, 0.29) is 38.5 Å². The van der Waals surface area contributed by atoms with E-state index < -0.39 is 30.1 Å². The van der Waals surface area contributed by atoms with Gasteiger partial charge in [0.2, 0.25) is 11.8 Å². The number of benzene rings is 3. The van der Waals surface area contributed by atoms with Crippen LogP contribution in [-0.4, -0.2) is 47.5 Å². The van der Waals surface area contributed by atoms with Crippen molar-refractivity contribution < 1.29 is 28.7 Å². The summed E-state index contributed by atoms with van der Waals surface area (Å²) >= 11 is 0. The standard InChI is InChI=1S/C33H36N4O6/c1-23(36-33(41)43-22-25-13-6-3-7-14-25)31(39)34-18-10-17-30(38)37-29(32(40)42-21-24-11-4-2-5-12-24)19-26-20-35-28-16-9-8-15-27(26)28/h2-9,11-16,20,23,29,35H,10,17-19,21-22H2,1H3,(H,34,39)(H,36,41)(H,37,38)/t23-,29-/m0/s1. The Morgan fingerprint density at radius 1 is 0.791 bits per heavy atom. The Bertz CT molecular complexity index is 1510. The Labute approximate surface area is 250 Å². The molecule has 4 aromatic rings. The molecule has 0 aliphatic rings. The number of carbonyl (C=O) groups is 4. The summed E-state index contributed by atoms with van der Waals surface area (Å²) in [4.78, 5) is 53.5. The number of fused-ring (bicyclic) bond motifs is 1. The van der Waals surface area contributed by atoms with Gasteiger partial charge in [-0.1, -0.05) is 78.9 Å². The van der Waals surface area contributed by atoms with Crippen molar-refractivity contribution in [2.75, 3.05) is 6.54 Å². The van der Waals surface area contributed by atoms with Crippen LogP contribution in [0, 0.1) is 0 Å². The number of aromatic nitrogens is 1. The van der Waals surface area contributed by atoms with Crippen molar-refractivity contribution in [3.63, 3.8) is 0 Å². The van der Waals surface area contributed by atoms with Gasteiger partial charge in [-0.15, -0.1) is 0 Å². The van der Waals surface area contributed by atoms with Crippen LogP contribution in [0.5, 0.6) is 0 Å². The molecule has 43 heavy (non-hydrogen) atoms. The molecule has 2 atom stereocenters. The number of amides is 3. The monoisotopic (exact) mass is 584 g/mol. The lowest BCUT2D eigenvalue weighted by Crippen LogP contribution is -2.45. The zero-order chi connectivity index (χ0) is 30.4. The van der Waals surface area contributed by atoms with Gasteiger partial charge in [0, 0.05) is 36.5 Å². The fourth-order valence-electron chi connectivity index (χ4n) is 4.43. The van der Waals surface area contributed by atoms with Gasteiger partial charge in [-0.05, 0) is 36.1 Å². The maximum atomic E-state index is 13.1. The highest BCUT2D eigenvalue weighted by Crippen LogP contribution is 2.20. The largest absolute Gasteiger partial charge is 0.459 e. The molecule has 0 bridgehead atoms. The second-order valence-corrected chi connectivity index (χ2v) is 10.1. The van der Waals surface area contributed by atoms with Gasteiger partial charge in [0.05, 0.1) is 0 Å². The summed E-state index contributed by atoms with van der Waals surface area (Å²) in [6.45, 7) is 1.94. The summed E-state index contributed by atoms with van der Waals surface area (Å²) in [6.07, 6.45) is 1.80. The van der Waals surface area contributed by atoms with E-state index in [2.05, 4.69) is 20.9 Å². The van der Waals surface area contributed by atoms with Crippen LogP contribution >= 0.6 is 0 Å². The number of hydrogen-bond acceptors (Lipinski definition) is 6. The molecule has 0 saturated heterocycles. The molecule has 0 aliphatic carbocycles. The minimum absolute atomic E-state index is 0.0809. The van der Waals surface area contributed by atoms with E-state index in [1.54, 1.807) is 6.92 Å². The topological polar surface area (TPSA) is 139 Å². The summed E-state index contributed by atoms with van der Waals surface area (Å²) in [5, 5.41) is 8.96. The van der Waals surface area contributed by atoms with Crippen LogP contribution in [0.3, 0.4) is 0 Å². The minimum atomic E-state index is -0.892. The minimum Gasteiger partial charge on any atom is -0.459 e. The summed E-state index contributed by atoms with van der Waals surface area (Å²) in [7, 11) is 0. The number of aromatic amines is 1. The molecule has 224 valence electrons. The highest BCUT2D eigenvalue weighted by atomic mass is 16.5. The average Bonchev–Trinajstić information content (AvgIpc) is 3.44. The lowest BCUT2D eigenvalue weighted by atomic mass is 10.0. The Hall–Kier alpha value is -5.12. The van der Waals surface area contributed by atoms with Crippen LogP contribution in [-0.2, 0) is 43.5 Å². The highest BCUT2D eigenvalue weighted by molar-refractivity contribution is 5.87. The zero-order valence-electron chi connectivity index (χ0n) is 24.0. The number of hydrogen-bond donors (Lipinski definition) is 4. The molecular weight excluding hydrogens is 548 g/mol. The fourth-order valence-corrected chi connectivity index (χ4v) is 4.43. The number of nitrogens with one attached hydrogen (secondary N) is 4. The molecule has 0 fully saturated rings. The quantitative estimate of drug-likeness (QED) is 0.130. The molecule has 1 heterocycles. The Morgan fingerprint density at radius 3 is 2.12 bits per heavy atom. The molecule has 4 N–H and O–H groups in total. The molecule has 3 amide bonds. The SMILES string of the molecule is C[C@H](NC(=O)OCc1ccccc1)C(=O)NCCCC(=O)N[C@@H](Cc1c[nH]c2ccccc12)C(=O)OCc1ccccc1. The van der Waals surface area contributed by atoms with E-state index in [9.17, 15) is 19.2 Å². The van der Waals surface area contributed by atoms with Crippen molar-refractivity contribution in [1.29, 1.82) is 0 Å². The van der Waals surface area contributed by atoms with Gasteiger partial charge in [-0.3, -0.25) is 9.59 Å². The smallest absolute Gasteiger partial charge is 0.408 e. The summed E-state index contributed by atoms with van der Waals surface area (Å²) in [6, 6.07) is 24.6. The average molecular weight is 585 g/mol. The third kappa shape index (κ3) is 9.74. The predicted molar refractivity (Wildman–Crippen MR) is 162 cm³/mol. The first kappa shape index (κ1) is 30.8. The van der Waals surface area contributed by atoms with Crippen LogP contribution in [0.15, 0.2) is 91.1 Å². The molecule has 0 radical (unpaired) electrons. The molecule has 4 rings (SSSR count). The Morgan fingerprint density at radius 2 is 1.42 bits per heavy atom. The van der Waals surface area contributed by atoms with Crippen LogP contribution in [0.2, 0.25) is 0 Å². The molecule has 0 unspecified atom stereocenters. The molecule has 0 saturated carbocycles. The predicted octanol–water partition coefficient (Wildman–Crippen LogP) is 4.15. The van der Waals surface area contributed by atoms with Crippen molar-refractivity contribution in [3.05, 3.63) is 108 Å². The molecule has 10 nitrogen and oxygen atoms in total. The number of carbonyl (C=O) groups excluding carboxylic acids is 4. The van der Waals surface area contributed by atoms with Crippen molar-refractivity contribution in [3.8, 4) is 0 Å². The molecule has 1 aromatic heterocycles. The van der Waals surface area contributed by atoms with Gasteiger partial charge in [0.25, 0.3) is 0 Å². The lowest BCUT2D eigenvalue weighted by Gasteiger charge is -2.18. The van der Waals surface area contributed by atoms with Crippen LogP contribution in [0.4, 0.5) is 4.79 Å². The number of ether oxygens (including phenoxy) is 2. The van der Waals surface area contributed by atoms with Gasteiger partial charge >= 0.3 is 12.1 Å². The van der Waals surface area contributed by atoms with E-state index in [1.165, 1.54) is 0 Å². The first-order valence-corrected chi connectivity index (χ1v) is 14.2. The summed E-state index contributed by atoms with van der Waals surface area (Å²) in [5.74, 6) is -1.28. The van der Waals surface area contributed by atoms with Gasteiger partial charge < -0.3 is 30.4 Å². The molecule has 10 heteroatoms. The van der Waals surface area contributed by atoms with E-state index >= 15 is 0 Å². The number of esters is 1. The van der Waals surface area contributed by atoms with Gasteiger partial charge in [-0.2, -0.15) is 0 Å². The molecule has 3 aromatic carbocycles. The number of rotatable bonds is 14. The van der Waals surface area contributed by atoms with Crippen molar-refractivity contribution in [1.82, 2.24) is 20.9 Å². The van der Waals surface area contributed by atoms with E-state index in [1.807, 2.05) is 91.1 Å². The van der Waals surface area contributed by atoms with Crippen molar-refractivity contribution in [2.45, 2.75) is 51.5 Å². The Balaban J connectivity index is 1.23. The Kier molecular flexibility index (Phi) is 11.3. The third-order valence-electron chi connectivity index (χ3n) is 6.76. The van der Waals surface area contributed by atoms with E-state index in [0.717, 1.165) is 27.6 Å².